The monoisotopic (exact) mass is 653 g/mol. The van der Waals surface area contributed by atoms with Gasteiger partial charge in [0.25, 0.3) is 0 Å². The van der Waals surface area contributed by atoms with Gasteiger partial charge in [0.2, 0.25) is 5.88 Å². The molecule has 0 saturated carbocycles. The average Bonchev–Trinajstić information content (AvgIpc) is 3.03. The molecule has 3 atom stereocenters. The summed E-state index contributed by atoms with van der Waals surface area (Å²) in [5.41, 5.74) is -1.36. The van der Waals surface area contributed by atoms with Crippen molar-refractivity contribution in [3.8, 4) is 28.9 Å². The lowest BCUT2D eigenvalue weighted by Crippen LogP contribution is -2.49. The maximum Gasteiger partial charge on any atom is 0.319 e. The van der Waals surface area contributed by atoms with Gasteiger partial charge in [0.1, 0.15) is 34.0 Å². The number of ether oxygens (including phenoxy) is 2. The van der Waals surface area contributed by atoms with Crippen molar-refractivity contribution in [2.45, 2.75) is 52.1 Å². The number of hydrogen-bond donors (Lipinski definition) is 2. The van der Waals surface area contributed by atoms with Crippen LogP contribution in [0.1, 0.15) is 45.6 Å². The number of benzene rings is 2. The fraction of sp³-hybridized carbons (Fsp3) is 0.514. The summed E-state index contributed by atoms with van der Waals surface area (Å²) in [6, 6.07) is 5.60. The third kappa shape index (κ3) is 6.13. The van der Waals surface area contributed by atoms with Crippen LogP contribution in [0.2, 0.25) is 0 Å². The lowest BCUT2D eigenvalue weighted by Gasteiger charge is -2.43. The van der Waals surface area contributed by atoms with E-state index in [-0.39, 0.29) is 64.7 Å². The molecule has 252 valence electrons. The second kappa shape index (κ2) is 12.6. The number of anilines is 1. The number of aromatic hydroxyl groups is 1. The SMILES string of the molecule is CCc1c(F)ccc2cc(O)cc(-c3nc(OC)c4c(N5CCCC(C)(O)C5)nc(OC[C@]5(C)CN(C)CC[C@@H]5CF)nc4c3F)c12. The zero-order chi connectivity index (χ0) is 33.7. The van der Waals surface area contributed by atoms with E-state index >= 15 is 8.78 Å². The minimum absolute atomic E-state index is 0.0208. The Labute approximate surface area is 272 Å². The summed E-state index contributed by atoms with van der Waals surface area (Å²) in [5.74, 6) is -1.35. The van der Waals surface area contributed by atoms with Gasteiger partial charge in [-0.15, -0.1) is 0 Å². The van der Waals surface area contributed by atoms with E-state index in [0.29, 0.717) is 55.1 Å². The van der Waals surface area contributed by atoms with E-state index in [1.807, 2.05) is 18.9 Å². The molecule has 0 amide bonds. The third-order valence-electron chi connectivity index (χ3n) is 9.84. The van der Waals surface area contributed by atoms with E-state index < -0.39 is 29.3 Å². The van der Waals surface area contributed by atoms with Crippen LogP contribution in [-0.2, 0) is 6.42 Å². The van der Waals surface area contributed by atoms with Crippen LogP contribution < -0.4 is 14.4 Å². The Bertz CT molecular complexity index is 1820. The molecule has 0 bridgehead atoms. The summed E-state index contributed by atoms with van der Waals surface area (Å²) in [5, 5.41) is 22.7. The number of β-amino-alcohol motifs (C(OH)–C–C–N with tert-alkyl or cyclic N) is 1. The number of methoxy groups -OCH3 is 1. The van der Waals surface area contributed by atoms with Crippen molar-refractivity contribution in [3.05, 3.63) is 41.5 Å². The zero-order valence-electron chi connectivity index (χ0n) is 27.5. The topological polar surface area (TPSA) is 104 Å². The summed E-state index contributed by atoms with van der Waals surface area (Å²) in [6.45, 7) is 7.25. The van der Waals surface area contributed by atoms with E-state index in [2.05, 4.69) is 14.9 Å². The number of likely N-dealkylation sites (tertiary alicyclic amines) is 1. The summed E-state index contributed by atoms with van der Waals surface area (Å²) in [7, 11) is 3.38. The number of aromatic nitrogens is 3. The number of piperidine rings is 2. The van der Waals surface area contributed by atoms with Crippen molar-refractivity contribution < 1.29 is 32.9 Å². The Morgan fingerprint density at radius 3 is 2.55 bits per heavy atom. The van der Waals surface area contributed by atoms with E-state index in [1.54, 1.807) is 13.8 Å². The van der Waals surface area contributed by atoms with E-state index in [0.717, 1.165) is 6.54 Å². The van der Waals surface area contributed by atoms with Crippen molar-refractivity contribution in [1.29, 1.82) is 0 Å². The number of nitrogens with zero attached hydrogens (tertiary/aromatic N) is 5. The number of rotatable bonds is 8. The average molecular weight is 654 g/mol. The van der Waals surface area contributed by atoms with Crippen LogP contribution in [0.25, 0.3) is 32.9 Å². The molecule has 2 aliphatic heterocycles. The highest BCUT2D eigenvalue weighted by Gasteiger charge is 2.40. The molecule has 9 nitrogen and oxygen atoms in total. The van der Waals surface area contributed by atoms with Gasteiger partial charge in [0, 0.05) is 30.6 Å². The highest BCUT2D eigenvalue weighted by Crippen LogP contribution is 2.43. The van der Waals surface area contributed by atoms with Crippen molar-refractivity contribution in [3.63, 3.8) is 0 Å². The Hall–Kier alpha value is -3.90. The fourth-order valence-corrected chi connectivity index (χ4v) is 7.36. The molecule has 1 unspecified atom stereocenters. The van der Waals surface area contributed by atoms with Gasteiger partial charge in [-0.25, -0.2) is 13.8 Å². The van der Waals surface area contributed by atoms with E-state index in [4.69, 9.17) is 14.5 Å². The number of phenolic OH excluding ortho intramolecular Hbond substituents is 1. The molecule has 6 rings (SSSR count). The number of pyridine rings is 1. The standard InChI is InChI=1S/C35H42F3N5O4/c1-6-23-25(37)9-8-20-14-22(44)15-24(26(20)23)29-28(38)30-27(32(39-29)46-5)31(43-12-7-11-35(3,45)18-43)41-33(40-30)47-19-34(2)17-42(4)13-10-21(34)16-36/h8-9,14-15,21,44-45H,6-7,10-13,16-19H2,1-5H3/t21-,34+,35?/m1/s1. The quantitative estimate of drug-likeness (QED) is 0.235. The molecule has 2 fully saturated rings. The number of fused-ring (bicyclic) bond motifs is 2. The van der Waals surface area contributed by atoms with Gasteiger partial charge in [-0.3, -0.25) is 4.39 Å². The van der Waals surface area contributed by atoms with Crippen LogP contribution in [0.5, 0.6) is 17.6 Å². The lowest BCUT2D eigenvalue weighted by molar-refractivity contribution is 0.000292. The van der Waals surface area contributed by atoms with E-state index in [9.17, 15) is 14.6 Å². The van der Waals surface area contributed by atoms with Gasteiger partial charge >= 0.3 is 6.01 Å². The van der Waals surface area contributed by atoms with Crippen molar-refractivity contribution in [2.24, 2.45) is 11.3 Å². The van der Waals surface area contributed by atoms with Crippen LogP contribution in [0.3, 0.4) is 0 Å². The maximum absolute atomic E-state index is 17.0. The highest BCUT2D eigenvalue weighted by atomic mass is 19.1. The van der Waals surface area contributed by atoms with Gasteiger partial charge in [-0.1, -0.05) is 19.9 Å². The summed E-state index contributed by atoms with van der Waals surface area (Å²) in [6.07, 6.45) is 2.24. The zero-order valence-corrected chi connectivity index (χ0v) is 27.5. The molecule has 4 aromatic rings. The fourth-order valence-electron chi connectivity index (χ4n) is 7.36. The smallest absolute Gasteiger partial charge is 0.319 e. The molecule has 2 aromatic carbocycles. The van der Waals surface area contributed by atoms with Gasteiger partial charge < -0.3 is 29.5 Å². The van der Waals surface area contributed by atoms with Gasteiger partial charge in [0.15, 0.2) is 5.82 Å². The largest absolute Gasteiger partial charge is 0.508 e. The molecule has 0 radical (unpaired) electrons. The molecule has 47 heavy (non-hydrogen) atoms. The number of alkyl halides is 1. The molecule has 2 aromatic heterocycles. The van der Waals surface area contributed by atoms with Crippen molar-refractivity contribution in [1.82, 2.24) is 19.9 Å². The van der Waals surface area contributed by atoms with Gasteiger partial charge in [0.05, 0.1) is 26.0 Å². The van der Waals surface area contributed by atoms with Crippen LogP contribution in [0, 0.1) is 23.0 Å². The van der Waals surface area contributed by atoms with E-state index in [1.165, 1.54) is 31.4 Å². The second-order valence-electron chi connectivity index (χ2n) is 13.7. The van der Waals surface area contributed by atoms with Crippen LogP contribution in [0.15, 0.2) is 24.3 Å². The number of aliphatic hydroxyl groups is 1. The van der Waals surface area contributed by atoms with Crippen LogP contribution in [0.4, 0.5) is 19.0 Å². The maximum atomic E-state index is 17.0. The molecule has 12 heteroatoms. The van der Waals surface area contributed by atoms with Crippen molar-refractivity contribution >= 4 is 27.5 Å². The minimum Gasteiger partial charge on any atom is -0.508 e. The molecule has 2 saturated heterocycles. The number of phenols is 1. The minimum atomic E-state index is -1.02. The first-order valence-corrected chi connectivity index (χ1v) is 16.1. The molecular formula is C35H42F3N5O4. The Kier molecular flexibility index (Phi) is 8.86. The number of hydrogen-bond acceptors (Lipinski definition) is 9. The number of aryl methyl sites for hydroxylation is 1. The molecule has 0 aliphatic carbocycles. The summed E-state index contributed by atoms with van der Waals surface area (Å²) >= 11 is 0. The number of halogens is 3. The molecule has 0 spiro atoms. The second-order valence-corrected chi connectivity index (χ2v) is 13.7. The third-order valence-corrected chi connectivity index (χ3v) is 9.84. The summed E-state index contributed by atoms with van der Waals surface area (Å²) < 4.78 is 58.1. The first-order valence-electron chi connectivity index (χ1n) is 16.1. The highest BCUT2D eigenvalue weighted by molar-refractivity contribution is 6.03. The van der Waals surface area contributed by atoms with Crippen LogP contribution in [-0.4, -0.2) is 89.3 Å². The molecule has 4 heterocycles. The Morgan fingerprint density at radius 2 is 1.85 bits per heavy atom. The molecule has 2 N–H and O–H groups in total. The molecule has 2 aliphatic rings. The normalized spacial score (nSPS) is 23.9. The predicted molar refractivity (Wildman–Crippen MR) is 175 cm³/mol. The van der Waals surface area contributed by atoms with Gasteiger partial charge in [-0.2, -0.15) is 9.97 Å². The first-order chi connectivity index (χ1) is 22.4. The van der Waals surface area contributed by atoms with Crippen molar-refractivity contribution in [2.75, 3.05) is 58.5 Å². The van der Waals surface area contributed by atoms with Gasteiger partial charge in [-0.05, 0) is 86.7 Å². The van der Waals surface area contributed by atoms with Crippen LogP contribution >= 0.6 is 0 Å². The Morgan fingerprint density at radius 1 is 1.06 bits per heavy atom. The lowest BCUT2D eigenvalue weighted by atomic mass is 9.73. The first kappa shape index (κ1) is 33.0. The molecular weight excluding hydrogens is 611 g/mol. The summed E-state index contributed by atoms with van der Waals surface area (Å²) in [4.78, 5) is 17.8. The predicted octanol–water partition coefficient (Wildman–Crippen LogP) is 6.06. The Balaban J connectivity index is 1.57.